The van der Waals surface area contributed by atoms with E-state index >= 15 is 0 Å². The predicted octanol–water partition coefficient (Wildman–Crippen LogP) is 3.00. The number of nitrogens with zero attached hydrogens (tertiary/aromatic N) is 3. The van der Waals surface area contributed by atoms with Crippen LogP contribution in [0.15, 0.2) is 35.3 Å². The van der Waals surface area contributed by atoms with Gasteiger partial charge in [-0.15, -0.1) is 0 Å². The van der Waals surface area contributed by atoms with Gasteiger partial charge in [-0.1, -0.05) is 23.2 Å². The van der Waals surface area contributed by atoms with Gasteiger partial charge in [-0.05, 0) is 31.2 Å². The second-order valence-corrected chi connectivity index (χ2v) is 6.29. The van der Waals surface area contributed by atoms with Crippen LogP contribution in [0.5, 0.6) is 0 Å². The zero-order valence-corrected chi connectivity index (χ0v) is 14.9. The topological polar surface area (TPSA) is 123 Å². The number of nitrogens with two attached hydrogens (primary N) is 1. The van der Waals surface area contributed by atoms with Gasteiger partial charge in [0.25, 0.3) is 5.56 Å². The number of anilines is 1. The average Bonchev–Trinajstić information content (AvgIpc) is 2.58. The lowest BCUT2D eigenvalue weighted by Crippen LogP contribution is -2.32. The first-order chi connectivity index (χ1) is 12.3. The Kier molecular flexibility index (Phi) is 4.71. The summed E-state index contributed by atoms with van der Waals surface area (Å²) in [4.78, 5) is 32.6. The molecule has 0 saturated heterocycles. The fourth-order valence-electron chi connectivity index (χ4n) is 2.55. The predicted molar refractivity (Wildman–Crippen MR) is 99.1 cm³/mol. The maximum Gasteiger partial charge on any atom is 0.405 e. The summed E-state index contributed by atoms with van der Waals surface area (Å²) in [6.45, 7) is 1.56. The Morgan fingerprint density at radius 2 is 1.96 bits per heavy atom. The van der Waals surface area contributed by atoms with Crippen molar-refractivity contribution in [2.45, 2.75) is 13.0 Å². The number of aromatic nitrogens is 3. The Labute approximate surface area is 157 Å². The van der Waals surface area contributed by atoms with Crippen LogP contribution in [0.1, 0.15) is 18.8 Å². The smallest absolute Gasteiger partial charge is 0.405 e. The molecular weight excluding hydrogens is 381 g/mol. The van der Waals surface area contributed by atoms with E-state index in [1.54, 1.807) is 13.0 Å². The van der Waals surface area contributed by atoms with Gasteiger partial charge in [0.05, 0.1) is 38.9 Å². The number of nitrogens with one attached hydrogen (secondary N) is 1. The molecule has 134 valence electrons. The van der Waals surface area contributed by atoms with E-state index in [1.165, 1.54) is 29.0 Å². The van der Waals surface area contributed by atoms with Crippen molar-refractivity contribution in [3.05, 3.63) is 56.7 Å². The van der Waals surface area contributed by atoms with E-state index in [1.807, 2.05) is 0 Å². The minimum Gasteiger partial charge on any atom is -0.465 e. The molecule has 0 radical (unpaired) electrons. The number of fused-ring (bicyclic) bond motifs is 1. The van der Waals surface area contributed by atoms with E-state index in [0.29, 0.717) is 5.69 Å². The highest BCUT2D eigenvalue weighted by Crippen LogP contribution is 2.28. The van der Waals surface area contributed by atoms with Crippen LogP contribution in [0.2, 0.25) is 10.0 Å². The Balaban J connectivity index is 2.40. The number of carboxylic acid groups (broad SMARTS) is 1. The van der Waals surface area contributed by atoms with Gasteiger partial charge in [0.1, 0.15) is 11.6 Å². The highest BCUT2D eigenvalue weighted by atomic mass is 35.5. The van der Waals surface area contributed by atoms with Crippen molar-refractivity contribution in [2.75, 3.05) is 5.73 Å². The number of carbonyl (C=O) groups is 1. The Bertz CT molecular complexity index is 1070. The number of benzene rings is 1. The largest absolute Gasteiger partial charge is 0.465 e. The van der Waals surface area contributed by atoms with Gasteiger partial charge in [-0.25, -0.2) is 14.8 Å². The number of amides is 1. The third-order valence-corrected chi connectivity index (χ3v) is 4.33. The van der Waals surface area contributed by atoms with Crippen molar-refractivity contribution >= 4 is 46.0 Å². The van der Waals surface area contributed by atoms with E-state index in [9.17, 15) is 9.59 Å². The lowest BCUT2D eigenvalue weighted by molar-refractivity contribution is 0.190. The van der Waals surface area contributed by atoms with E-state index in [4.69, 9.17) is 34.0 Å². The first-order valence-electron chi connectivity index (χ1n) is 7.41. The molecular formula is C16H13Cl2N5O3. The van der Waals surface area contributed by atoms with Crippen LogP contribution in [0.4, 0.5) is 10.6 Å². The highest BCUT2D eigenvalue weighted by molar-refractivity contribution is 6.39. The molecule has 2 aromatic heterocycles. The van der Waals surface area contributed by atoms with E-state index in [2.05, 4.69) is 15.3 Å². The Morgan fingerprint density at radius 1 is 1.27 bits per heavy atom. The third kappa shape index (κ3) is 3.16. The Hall–Kier alpha value is -2.84. The molecule has 4 N–H and O–H groups in total. The number of nitrogen functional groups attached to an aromatic ring is 1. The van der Waals surface area contributed by atoms with Gasteiger partial charge < -0.3 is 16.2 Å². The Morgan fingerprint density at radius 3 is 2.58 bits per heavy atom. The molecule has 0 spiro atoms. The fraction of sp³-hybridized carbons (Fsp3) is 0.125. The molecule has 1 unspecified atom stereocenters. The summed E-state index contributed by atoms with van der Waals surface area (Å²) < 4.78 is 1.23. The number of hydrogen-bond donors (Lipinski definition) is 3. The first-order valence-corrected chi connectivity index (χ1v) is 8.17. The zero-order chi connectivity index (χ0) is 19.0. The average molecular weight is 394 g/mol. The van der Waals surface area contributed by atoms with Crippen molar-refractivity contribution in [3.63, 3.8) is 0 Å². The van der Waals surface area contributed by atoms with Crippen molar-refractivity contribution in [1.29, 1.82) is 0 Å². The summed E-state index contributed by atoms with van der Waals surface area (Å²) in [7, 11) is 0. The molecule has 1 amide bonds. The lowest BCUT2D eigenvalue weighted by Gasteiger charge is -2.19. The minimum absolute atomic E-state index is 0.127. The van der Waals surface area contributed by atoms with Crippen LogP contribution in [-0.2, 0) is 0 Å². The van der Waals surface area contributed by atoms with Gasteiger partial charge in [-0.3, -0.25) is 9.36 Å². The van der Waals surface area contributed by atoms with Crippen molar-refractivity contribution in [2.24, 2.45) is 0 Å². The van der Waals surface area contributed by atoms with Crippen LogP contribution >= 0.6 is 23.2 Å². The van der Waals surface area contributed by atoms with Crippen LogP contribution < -0.4 is 16.6 Å². The van der Waals surface area contributed by atoms with Gasteiger partial charge in [0, 0.05) is 0 Å². The molecule has 10 heteroatoms. The van der Waals surface area contributed by atoms with Gasteiger partial charge in [-0.2, -0.15) is 0 Å². The third-order valence-electron chi connectivity index (χ3n) is 3.71. The molecule has 3 aromatic rings. The molecule has 0 bridgehead atoms. The van der Waals surface area contributed by atoms with Gasteiger partial charge in [0.15, 0.2) is 0 Å². The molecule has 1 atom stereocenters. The molecule has 1 aromatic carbocycles. The van der Waals surface area contributed by atoms with Crippen molar-refractivity contribution < 1.29 is 9.90 Å². The molecule has 2 heterocycles. The van der Waals surface area contributed by atoms with Crippen LogP contribution in [-0.4, -0.2) is 25.7 Å². The molecule has 0 saturated carbocycles. The second-order valence-electron chi connectivity index (χ2n) is 5.48. The maximum absolute atomic E-state index is 13.1. The lowest BCUT2D eigenvalue weighted by atomic mass is 10.2. The zero-order valence-electron chi connectivity index (χ0n) is 13.4. The molecule has 0 aliphatic carbocycles. The number of hydrogen-bond acceptors (Lipinski definition) is 5. The standard InChI is InChI=1S/C16H13Cl2N5O3/c1-7(21-16(25)26)14-22-13-10(18)4-3-9(17)12(13)15(24)23(14)8-2-5-11(19)20-6-8/h2-7,21H,1H3,(H2,19,20)(H,25,26). The number of rotatable bonds is 3. The number of pyridine rings is 1. The fourth-order valence-corrected chi connectivity index (χ4v) is 2.99. The van der Waals surface area contributed by atoms with Crippen LogP contribution in [0.25, 0.3) is 16.6 Å². The molecule has 0 aliphatic heterocycles. The quantitative estimate of drug-likeness (QED) is 0.628. The molecule has 26 heavy (non-hydrogen) atoms. The summed E-state index contributed by atoms with van der Waals surface area (Å²) in [6.07, 6.45) is 0.130. The van der Waals surface area contributed by atoms with Crippen LogP contribution in [0, 0.1) is 0 Å². The molecule has 3 rings (SSSR count). The normalized spacial score (nSPS) is 12.1. The summed E-state index contributed by atoms with van der Waals surface area (Å²) in [5.41, 5.74) is 5.66. The van der Waals surface area contributed by atoms with E-state index in [0.717, 1.165) is 0 Å². The summed E-state index contributed by atoms with van der Waals surface area (Å²) >= 11 is 12.3. The summed E-state index contributed by atoms with van der Waals surface area (Å²) in [5.74, 6) is 0.413. The monoisotopic (exact) mass is 393 g/mol. The van der Waals surface area contributed by atoms with Crippen molar-refractivity contribution in [1.82, 2.24) is 19.9 Å². The first kappa shape index (κ1) is 18.0. The summed E-state index contributed by atoms with van der Waals surface area (Å²) in [6, 6.07) is 5.31. The van der Waals surface area contributed by atoms with Crippen molar-refractivity contribution in [3.8, 4) is 5.69 Å². The van der Waals surface area contributed by atoms with E-state index < -0.39 is 17.7 Å². The second kappa shape index (κ2) is 6.81. The maximum atomic E-state index is 13.1. The molecule has 0 fully saturated rings. The van der Waals surface area contributed by atoms with Crippen LogP contribution in [0.3, 0.4) is 0 Å². The highest BCUT2D eigenvalue weighted by Gasteiger charge is 2.21. The van der Waals surface area contributed by atoms with Gasteiger partial charge >= 0.3 is 6.09 Å². The van der Waals surface area contributed by atoms with Gasteiger partial charge in [0.2, 0.25) is 0 Å². The SMILES string of the molecule is CC(NC(=O)O)c1nc2c(Cl)ccc(Cl)c2c(=O)n1-c1ccc(N)nc1. The van der Waals surface area contributed by atoms with E-state index in [-0.39, 0.29) is 32.6 Å². The number of halogens is 2. The summed E-state index contributed by atoms with van der Waals surface area (Å²) in [5, 5.41) is 11.8. The molecule has 0 aliphatic rings. The molecule has 8 nitrogen and oxygen atoms in total. The minimum atomic E-state index is -1.26.